The van der Waals surface area contributed by atoms with Crippen molar-refractivity contribution in [2.75, 3.05) is 11.9 Å². The minimum Gasteiger partial charge on any atom is -0.494 e. The van der Waals surface area contributed by atoms with E-state index in [0.717, 1.165) is 11.3 Å². The van der Waals surface area contributed by atoms with Crippen LogP contribution in [0.2, 0.25) is 0 Å². The quantitative estimate of drug-likeness (QED) is 0.660. The third-order valence-electron chi connectivity index (χ3n) is 3.99. The minimum absolute atomic E-state index is 0.173. The molecule has 1 aromatic heterocycles. The molecule has 0 spiro atoms. The Morgan fingerprint density at radius 3 is 2.50 bits per heavy atom. The van der Waals surface area contributed by atoms with Crippen LogP contribution in [0.25, 0.3) is 0 Å². The Morgan fingerprint density at radius 2 is 1.79 bits per heavy atom. The summed E-state index contributed by atoms with van der Waals surface area (Å²) < 4.78 is 5.38. The SMILES string of the molecule is CCOc1ccc(C(=O)NCc2cccc(NC(=O)c3cccnc3)c2)cc1. The first-order valence-electron chi connectivity index (χ1n) is 8.97. The van der Waals surface area contributed by atoms with Gasteiger partial charge in [0, 0.05) is 30.2 Å². The van der Waals surface area contributed by atoms with Gasteiger partial charge in [-0.05, 0) is 61.0 Å². The highest BCUT2D eigenvalue weighted by Crippen LogP contribution is 2.14. The predicted octanol–water partition coefficient (Wildman–Crippen LogP) is 3.66. The summed E-state index contributed by atoms with van der Waals surface area (Å²) in [6, 6.07) is 17.7. The van der Waals surface area contributed by atoms with Crippen molar-refractivity contribution in [3.05, 3.63) is 89.7 Å². The Hall–Kier alpha value is -3.67. The van der Waals surface area contributed by atoms with E-state index in [1.165, 1.54) is 6.20 Å². The number of hydrogen-bond acceptors (Lipinski definition) is 4. The molecule has 6 heteroatoms. The lowest BCUT2D eigenvalue weighted by molar-refractivity contribution is 0.0950. The number of nitrogens with one attached hydrogen (secondary N) is 2. The van der Waals surface area contributed by atoms with E-state index in [9.17, 15) is 9.59 Å². The molecule has 1 heterocycles. The summed E-state index contributed by atoms with van der Waals surface area (Å²) in [5.74, 6) is 0.327. The zero-order valence-electron chi connectivity index (χ0n) is 15.5. The van der Waals surface area contributed by atoms with Gasteiger partial charge in [-0.25, -0.2) is 0 Å². The number of amides is 2. The molecule has 0 unspecified atom stereocenters. The molecular weight excluding hydrogens is 354 g/mol. The molecule has 0 fully saturated rings. The van der Waals surface area contributed by atoms with Gasteiger partial charge in [0.15, 0.2) is 0 Å². The number of ether oxygens (including phenoxy) is 1. The molecule has 142 valence electrons. The van der Waals surface area contributed by atoms with Gasteiger partial charge in [0.2, 0.25) is 0 Å². The lowest BCUT2D eigenvalue weighted by Crippen LogP contribution is -2.22. The maximum absolute atomic E-state index is 12.3. The van der Waals surface area contributed by atoms with Crippen LogP contribution in [-0.2, 0) is 6.54 Å². The zero-order valence-corrected chi connectivity index (χ0v) is 15.5. The van der Waals surface area contributed by atoms with Gasteiger partial charge in [-0.3, -0.25) is 14.6 Å². The van der Waals surface area contributed by atoms with Gasteiger partial charge in [-0.1, -0.05) is 12.1 Å². The largest absolute Gasteiger partial charge is 0.494 e. The number of nitrogens with zero attached hydrogens (tertiary/aromatic N) is 1. The Morgan fingerprint density at radius 1 is 0.964 bits per heavy atom. The summed E-state index contributed by atoms with van der Waals surface area (Å²) in [7, 11) is 0. The normalized spacial score (nSPS) is 10.2. The van der Waals surface area contributed by atoms with Crippen LogP contribution in [0.3, 0.4) is 0 Å². The molecule has 0 saturated heterocycles. The van der Waals surface area contributed by atoms with Crippen LogP contribution in [0, 0.1) is 0 Å². The molecule has 2 aromatic carbocycles. The molecule has 0 aliphatic rings. The number of carbonyl (C=O) groups excluding carboxylic acids is 2. The van der Waals surface area contributed by atoms with Crippen molar-refractivity contribution < 1.29 is 14.3 Å². The van der Waals surface area contributed by atoms with Crippen LogP contribution in [0.15, 0.2) is 73.1 Å². The molecule has 0 atom stereocenters. The van der Waals surface area contributed by atoms with Crippen LogP contribution >= 0.6 is 0 Å². The van der Waals surface area contributed by atoms with E-state index < -0.39 is 0 Å². The van der Waals surface area contributed by atoms with Crippen molar-refractivity contribution >= 4 is 17.5 Å². The number of pyridine rings is 1. The number of aromatic nitrogens is 1. The Bertz CT molecular complexity index is 941. The second-order valence-electron chi connectivity index (χ2n) is 6.04. The molecule has 0 radical (unpaired) electrons. The van der Waals surface area contributed by atoms with Gasteiger partial charge >= 0.3 is 0 Å². The summed E-state index contributed by atoms with van der Waals surface area (Å²) in [5, 5.41) is 5.71. The molecular formula is C22H21N3O3. The highest BCUT2D eigenvalue weighted by atomic mass is 16.5. The Kier molecular flexibility index (Phi) is 6.36. The molecule has 0 aliphatic heterocycles. The summed E-state index contributed by atoms with van der Waals surface area (Å²) in [4.78, 5) is 28.5. The number of carbonyl (C=O) groups is 2. The van der Waals surface area contributed by atoms with Crippen molar-refractivity contribution in [1.29, 1.82) is 0 Å². The third-order valence-corrected chi connectivity index (χ3v) is 3.99. The predicted molar refractivity (Wildman–Crippen MR) is 107 cm³/mol. The first-order chi connectivity index (χ1) is 13.7. The van der Waals surface area contributed by atoms with E-state index in [4.69, 9.17) is 4.74 Å². The second kappa shape index (κ2) is 9.32. The Balaban J connectivity index is 1.58. The van der Waals surface area contributed by atoms with Gasteiger partial charge in [0.25, 0.3) is 11.8 Å². The fourth-order valence-electron chi connectivity index (χ4n) is 2.61. The van der Waals surface area contributed by atoms with Crippen LogP contribution in [0.4, 0.5) is 5.69 Å². The molecule has 0 bridgehead atoms. The molecule has 0 saturated carbocycles. The van der Waals surface area contributed by atoms with Crippen LogP contribution in [0.5, 0.6) is 5.75 Å². The number of rotatable bonds is 7. The molecule has 3 aromatic rings. The van der Waals surface area contributed by atoms with E-state index in [1.807, 2.05) is 25.1 Å². The first-order valence-corrected chi connectivity index (χ1v) is 8.97. The molecule has 2 N–H and O–H groups in total. The van der Waals surface area contributed by atoms with Gasteiger partial charge in [-0.2, -0.15) is 0 Å². The van der Waals surface area contributed by atoms with Crippen molar-refractivity contribution in [2.45, 2.75) is 13.5 Å². The highest BCUT2D eigenvalue weighted by Gasteiger charge is 2.08. The van der Waals surface area contributed by atoms with Crippen molar-refractivity contribution in [1.82, 2.24) is 10.3 Å². The van der Waals surface area contributed by atoms with Crippen LogP contribution in [0.1, 0.15) is 33.2 Å². The monoisotopic (exact) mass is 375 g/mol. The van der Waals surface area contributed by atoms with E-state index >= 15 is 0 Å². The molecule has 3 rings (SSSR count). The third kappa shape index (κ3) is 5.17. The fourth-order valence-corrected chi connectivity index (χ4v) is 2.61. The average molecular weight is 375 g/mol. The standard InChI is InChI=1S/C22H21N3O3/c1-2-28-20-10-8-17(9-11-20)21(26)24-14-16-5-3-7-19(13-16)25-22(27)18-6-4-12-23-15-18/h3-13,15H,2,14H2,1H3,(H,24,26)(H,25,27). The molecule has 2 amide bonds. The summed E-state index contributed by atoms with van der Waals surface area (Å²) >= 11 is 0. The zero-order chi connectivity index (χ0) is 19.8. The molecule has 6 nitrogen and oxygen atoms in total. The summed E-state index contributed by atoms with van der Waals surface area (Å²) in [6.07, 6.45) is 3.13. The van der Waals surface area contributed by atoms with Crippen molar-refractivity contribution in [2.24, 2.45) is 0 Å². The molecule has 0 aliphatic carbocycles. The fraction of sp³-hybridized carbons (Fsp3) is 0.136. The van der Waals surface area contributed by atoms with Crippen molar-refractivity contribution in [3.8, 4) is 5.75 Å². The lowest BCUT2D eigenvalue weighted by Gasteiger charge is -2.09. The minimum atomic E-state index is -0.233. The lowest BCUT2D eigenvalue weighted by atomic mass is 10.1. The van der Waals surface area contributed by atoms with E-state index in [1.54, 1.807) is 48.7 Å². The van der Waals surface area contributed by atoms with Crippen LogP contribution in [-0.4, -0.2) is 23.4 Å². The summed E-state index contributed by atoms with van der Waals surface area (Å²) in [6.45, 7) is 2.84. The van der Waals surface area contributed by atoms with Gasteiger partial charge < -0.3 is 15.4 Å². The van der Waals surface area contributed by atoms with E-state index in [0.29, 0.717) is 30.0 Å². The smallest absolute Gasteiger partial charge is 0.257 e. The number of anilines is 1. The van der Waals surface area contributed by atoms with Crippen LogP contribution < -0.4 is 15.4 Å². The topological polar surface area (TPSA) is 80.3 Å². The number of benzene rings is 2. The maximum atomic E-state index is 12.3. The van der Waals surface area contributed by atoms with E-state index in [2.05, 4.69) is 15.6 Å². The molecule has 28 heavy (non-hydrogen) atoms. The van der Waals surface area contributed by atoms with E-state index in [-0.39, 0.29) is 11.8 Å². The highest BCUT2D eigenvalue weighted by molar-refractivity contribution is 6.04. The maximum Gasteiger partial charge on any atom is 0.257 e. The van der Waals surface area contributed by atoms with Gasteiger partial charge in [-0.15, -0.1) is 0 Å². The average Bonchev–Trinajstić information content (AvgIpc) is 2.74. The Labute approximate surface area is 163 Å². The van der Waals surface area contributed by atoms with Gasteiger partial charge in [0.1, 0.15) is 5.75 Å². The first kappa shape index (κ1) is 19.1. The second-order valence-corrected chi connectivity index (χ2v) is 6.04. The van der Waals surface area contributed by atoms with Crippen molar-refractivity contribution in [3.63, 3.8) is 0 Å². The number of hydrogen-bond donors (Lipinski definition) is 2. The van der Waals surface area contributed by atoms with Gasteiger partial charge in [0.05, 0.1) is 12.2 Å². The summed E-state index contributed by atoms with van der Waals surface area (Å²) in [5.41, 5.74) is 2.58.